The predicted molar refractivity (Wildman–Crippen MR) is 143 cm³/mol. The molecule has 206 valence electrons. The second-order valence-corrected chi connectivity index (χ2v) is 10.4. The zero-order valence-corrected chi connectivity index (χ0v) is 22.3. The van der Waals surface area contributed by atoms with E-state index in [9.17, 15) is 19.2 Å². The summed E-state index contributed by atoms with van der Waals surface area (Å²) in [6, 6.07) is -0.942. The Balaban J connectivity index is 2.12. The van der Waals surface area contributed by atoms with Crippen molar-refractivity contribution >= 4 is 40.6 Å². The Morgan fingerprint density at radius 3 is 2.54 bits per heavy atom. The summed E-state index contributed by atoms with van der Waals surface area (Å²) >= 11 is 5.25. The van der Waals surface area contributed by atoms with Crippen LogP contribution in [0.5, 0.6) is 0 Å². The Hall–Kier alpha value is -2.70. The number of imidazole rings is 1. The molecule has 1 aromatic heterocycles. The molecule has 3 atom stereocenters. The standard InChI is InChI=1S/C25H40N6O5S/c1-16(23(34)35)13-29-21(37)9-8-20(32)19(12-18-14-28-15-30-18)31-24(36)25(27,10-4-5-11-26)22(33)17-6-2-3-7-17/h14-17,19H,2-13,26-27H2,1H3,(H,28,30)(H,29,37)(H,31,36)(H,34,35)/t16?,19-,25+/m0/s1. The maximum absolute atomic E-state index is 13.5. The number of rotatable bonds is 17. The smallest absolute Gasteiger partial charge is 0.308 e. The maximum atomic E-state index is 13.5. The number of thiocarbonyl (C=S) groups is 1. The third kappa shape index (κ3) is 9.28. The Bertz CT molecular complexity index is 934. The summed E-state index contributed by atoms with van der Waals surface area (Å²) < 4.78 is 0. The molecule has 1 aromatic rings. The van der Waals surface area contributed by atoms with E-state index in [1.54, 1.807) is 13.1 Å². The molecule has 1 aliphatic rings. The second-order valence-electron chi connectivity index (χ2n) is 9.88. The zero-order valence-electron chi connectivity index (χ0n) is 21.5. The molecule has 8 N–H and O–H groups in total. The molecule has 1 amide bonds. The highest BCUT2D eigenvalue weighted by atomic mass is 32.1. The van der Waals surface area contributed by atoms with Crippen LogP contribution in [0.2, 0.25) is 0 Å². The van der Waals surface area contributed by atoms with Gasteiger partial charge in [0.15, 0.2) is 17.1 Å². The number of nitrogens with zero attached hydrogens (tertiary/aromatic N) is 1. The highest BCUT2D eigenvalue weighted by Gasteiger charge is 2.46. The molecule has 0 spiro atoms. The number of Topliss-reactive ketones (excluding diaryl/α,β-unsaturated/α-hetero) is 2. The normalized spacial score (nSPS) is 16.9. The molecule has 37 heavy (non-hydrogen) atoms. The number of aromatic amines is 1. The van der Waals surface area contributed by atoms with E-state index in [2.05, 4.69) is 20.6 Å². The lowest BCUT2D eigenvalue weighted by atomic mass is 9.80. The van der Waals surface area contributed by atoms with Crippen LogP contribution in [-0.4, -0.2) is 68.2 Å². The van der Waals surface area contributed by atoms with Crippen molar-refractivity contribution in [2.45, 2.75) is 82.7 Å². The minimum atomic E-state index is -1.74. The first-order chi connectivity index (χ1) is 17.6. The number of aliphatic carboxylic acids is 1. The van der Waals surface area contributed by atoms with Crippen molar-refractivity contribution in [1.29, 1.82) is 0 Å². The highest BCUT2D eigenvalue weighted by molar-refractivity contribution is 7.80. The third-order valence-electron chi connectivity index (χ3n) is 6.89. The minimum absolute atomic E-state index is 0.0215. The highest BCUT2D eigenvalue weighted by Crippen LogP contribution is 2.30. The van der Waals surface area contributed by atoms with Crippen molar-refractivity contribution in [1.82, 2.24) is 20.6 Å². The van der Waals surface area contributed by atoms with E-state index in [1.807, 2.05) is 0 Å². The summed E-state index contributed by atoms with van der Waals surface area (Å²) in [6.45, 7) is 2.13. The third-order valence-corrected chi connectivity index (χ3v) is 7.24. The number of H-pyrrole nitrogens is 1. The molecule has 1 unspecified atom stereocenters. The number of hydrogen-bond acceptors (Lipinski definition) is 8. The number of carbonyl (C=O) groups is 4. The lowest BCUT2D eigenvalue weighted by Crippen LogP contribution is -2.63. The Morgan fingerprint density at radius 1 is 1.24 bits per heavy atom. The largest absolute Gasteiger partial charge is 0.481 e. The van der Waals surface area contributed by atoms with Crippen molar-refractivity contribution in [3.05, 3.63) is 18.2 Å². The number of carboxylic acids is 1. The lowest BCUT2D eigenvalue weighted by molar-refractivity contribution is -0.141. The number of carboxylic acid groups (broad SMARTS) is 1. The van der Waals surface area contributed by atoms with Crippen LogP contribution in [0.15, 0.2) is 12.5 Å². The van der Waals surface area contributed by atoms with Gasteiger partial charge in [-0.15, -0.1) is 0 Å². The minimum Gasteiger partial charge on any atom is -0.481 e. The van der Waals surface area contributed by atoms with Crippen LogP contribution in [0.4, 0.5) is 0 Å². The number of nitrogens with one attached hydrogen (secondary N) is 3. The SMILES string of the molecule is CC(CNC(=S)CCC(=O)[C@H](Cc1cnc[nH]1)NC(=O)[C@@](N)(CCCCN)C(=O)C1CCCC1)C(=O)O. The summed E-state index contributed by atoms with van der Waals surface area (Å²) in [4.78, 5) is 58.3. The number of unbranched alkanes of at least 4 members (excludes halogenated alkanes) is 1. The topological polar surface area (TPSA) is 193 Å². The first kappa shape index (κ1) is 30.5. The molecule has 0 bridgehead atoms. The van der Waals surface area contributed by atoms with E-state index < -0.39 is 29.4 Å². The van der Waals surface area contributed by atoms with Crippen LogP contribution in [0, 0.1) is 11.8 Å². The van der Waals surface area contributed by atoms with Crippen molar-refractivity contribution < 1.29 is 24.3 Å². The van der Waals surface area contributed by atoms with E-state index in [0.29, 0.717) is 42.9 Å². The van der Waals surface area contributed by atoms with E-state index in [-0.39, 0.29) is 49.7 Å². The van der Waals surface area contributed by atoms with E-state index in [1.165, 1.54) is 6.33 Å². The number of nitrogens with two attached hydrogens (primary N) is 2. The van der Waals surface area contributed by atoms with Crippen LogP contribution in [0.25, 0.3) is 0 Å². The Labute approximate surface area is 222 Å². The van der Waals surface area contributed by atoms with Crippen molar-refractivity contribution in [3.8, 4) is 0 Å². The van der Waals surface area contributed by atoms with Gasteiger partial charge in [-0.3, -0.25) is 19.2 Å². The van der Waals surface area contributed by atoms with Crippen molar-refractivity contribution in [3.63, 3.8) is 0 Å². The number of aromatic nitrogens is 2. The van der Waals surface area contributed by atoms with Crippen molar-refractivity contribution in [2.24, 2.45) is 23.3 Å². The number of hydrogen-bond donors (Lipinski definition) is 6. The number of amides is 1. The van der Waals surface area contributed by atoms with E-state index >= 15 is 0 Å². The monoisotopic (exact) mass is 536 g/mol. The lowest BCUT2D eigenvalue weighted by Gasteiger charge is -2.31. The molecule has 1 fully saturated rings. The average Bonchev–Trinajstić information content (AvgIpc) is 3.59. The molecule has 0 aromatic carbocycles. The van der Waals surface area contributed by atoms with Gasteiger partial charge in [-0.25, -0.2) is 4.98 Å². The summed E-state index contributed by atoms with van der Waals surface area (Å²) in [5.74, 6) is -3.04. The van der Waals surface area contributed by atoms with Crippen molar-refractivity contribution in [2.75, 3.05) is 13.1 Å². The quantitative estimate of drug-likeness (QED) is 0.0950. The van der Waals surface area contributed by atoms with Gasteiger partial charge in [0.2, 0.25) is 5.91 Å². The van der Waals surface area contributed by atoms with Crippen LogP contribution >= 0.6 is 12.2 Å². The van der Waals surface area contributed by atoms with Gasteiger partial charge in [-0.05, 0) is 38.6 Å². The Kier molecular flexibility index (Phi) is 12.3. The summed E-state index contributed by atoms with van der Waals surface area (Å²) in [6.07, 6.45) is 8.00. The molecule has 0 radical (unpaired) electrons. The van der Waals surface area contributed by atoms with Gasteiger partial charge >= 0.3 is 5.97 Å². The molecule has 1 aliphatic carbocycles. The molecule has 1 saturated carbocycles. The van der Waals surface area contributed by atoms with Gasteiger partial charge in [-0.1, -0.05) is 32.0 Å². The molecule has 11 nitrogen and oxygen atoms in total. The molecule has 12 heteroatoms. The number of ketones is 2. The first-order valence-electron chi connectivity index (χ1n) is 12.9. The van der Waals surface area contributed by atoms with Gasteiger partial charge in [0.05, 0.1) is 23.3 Å². The molecule has 2 rings (SSSR count). The molecule has 0 saturated heterocycles. The molecular weight excluding hydrogens is 496 g/mol. The second kappa shape index (κ2) is 14.9. The Morgan fingerprint density at radius 2 is 1.95 bits per heavy atom. The zero-order chi connectivity index (χ0) is 27.4. The fraction of sp³-hybridized carbons (Fsp3) is 0.680. The molecular formula is C25H40N6O5S. The van der Waals surface area contributed by atoms with E-state index in [0.717, 1.165) is 12.8 Å². The van der Waals surface area contributed by atoms with Gasteiger partial charge in [0, 0.05) is 43.6 Å². The number of carbonyl (C=O) groups excluding carboxylic acids is 3. The molecule has 0 aliphatic heterocycles. The summed E-state index contributed by atoms with van der Waals surface area (Å²) in [5, 5.41) is 14.6. The first-order valence-corrected chi connectivity index (χ1v) is 13.3. The average molecular weight is 537 g/mol. The predicted octanol–water partition coefficient (Wildman–Crippen LogP) is 1.01. The van der Waals surface area contributed by atoms with Gasteiger partial charge in [0.1, 0.15) is 0 Å². The van der Waals surface area contributed by atoms with Gasteiger partial charge < -0.3 is 32.2 Å². The van der Waals surface area contributed by atoms with Gasteiger partial charge in [-0.2, -0.15) is 0 Å². The van der Waals surface area contributed by atoms with Crippen LogP contribution in [0.1, 0.15) is 70.4 Å². The van der Waals surface area contributed by atoms with Crippen LogP contribution in [-0.2, 0) is 25.6 Å². The maximum Gasteiger partial charge on any atom is 0.308 e. The van der Waals surface area contributed by atoms with Crippen LogP contribution in [0.3, 0.4) is 0 Å². The van der Waals surface area contributed by atoms with Crippen LogP contribution < -0.4 is 22.1 Å². The fourth-order valence-electron chi connectivity index (χ4n) is 4.45. The summed E-state index contributed by atoms with van der Waals surface area (Å²) in [7, 11) is 0. The van der Waals surface area contributed by atoms with Gasteiger partial charge in [0.25, 0.3) is 0 Å². The van der Waals surface area contributed by atoms with E-state index in [4.69, 9.17) is 28.8 Å². The molecule has 1 heterocycles. The fourth-order valence-corrected chi connectivity index (χ4v) is 4.64. The summed E-state index contributed by atoms with van der Waals surface area (Å²) in [5.41, 5.74) is 11.0.